The van der Waals surface area contributed by atoms with E-state index >= 15 is 0 Å². The van der Waals surface area contributed by atoms with E-state index in [0.29, 0.717) is 11.8 Å². The minimum atomic E-state index is -0.0837. The van der Waals surface area contributed by atoms with E-state index in [1.807, 2.05) is 0 Å². The van der Waals surface area contributed by atoms with E-state index in [1.165, 1.54) is 57.8 Å². The lowest BCUT2D eigenvalue weighted by atomic mass is 9.85. The smallest absolute Gasteiger partial charge is 0.0695 e. The highest BCUT2D eigenvalue weighted by Crippen LogP contribution is 2.29. The van der Waals surface area contributed by atoms with E-state index in [0.717, 1.165) is 19.1 Å². The summed E-state index contributed by atoms with van der Waals surface area (Å²) in [4.78, 5) is 2.61. The van der Waals surface area contributed by atoms with Gasteiger partial charge in [-0.05, 0) is 37.5 Å². The Labute approximate surface area is 119 Å². The third-order valence-electron chi connectivity index (χ3n) is 5.06. The first-order valence-electron chi connectivity index (χ1n) is 8.59. The zero-order chi connectivity index (χ0) is 13.7. The van der Waals surface area contributed by atoms with Crippen LogP contribution in [0.2, 0.25) is 0 Å². The van der Waals surface area contributed by atoms with Crippen LogP contribution in [0.1, 0.15) is 71.6 Å². The number of nitrogens with zero attached hydrogens (tertiary/aromatic N) is 1. The Morgan fingerprint density at radius 1 is 0.895 bits per heavy atom. The van der Waals surface area contributed by atoms with Crippen molar-refractivity contribution in [1.82, 2.24) is 4.90 Å². The van der Waals surface area contributed by atoms with Gasteiger partial charge in [0, 0.05) is 19.1 Å². The maximum absolute atomic E-state index is 10.6. The van der Waals surface area contributed by atoms with Gasteiger partial charge >= 0.3 is 0 Å². The molecule has 0 heterocycles. The molecule has 0 aromatic carbocycles. The molecule has 0 spiro atoms. The normalized spacial score (nSPS) is 24.5. The topological polar surface area (TPSA) is 23.5 Å². The summed E-state index contributed by atoms with van der Waals surface area (Å²) in [5.74, 6) is 1.28. The van der Waals surface area contributed by atoms with E-state index in [1.54, 1.807) is 0 Å². The van der Waals surface area contributed by atoms with Crippen molar-refractivity contribution in [3.8, 4) is 0 Å². The number of rotatable bonds is 6. The highest BCUT2D eigenvalue weighted by molar-refractivity contribution is 4.82. The summed E-state index contributed by atoms with van der Waals surface area (Å²) in [5.41, 5.74) is 0. The van der Waals surface area contributed by atoms with Crippen LogP contribution in [0.3, 0.4) is 0 Å². The quantitative estimate of drug-likeness (QED) is 0.790. The Morgan fingerprint density at radius 2 is 1.47 bits per heavy atom. The van der Waals surface area contributed by atoms with Crippen LogP contribution >= 0.6 is 0 Å². The molecule has 2 aliphatic carbocycles. The lowest BCUT2D eigenvalue weighted by molar-refractivity contribution is 0.0296. The van der Waals surface area contributed by atoms with Gasteiger partial charge in [-0.3, -0.25) is 4.90 Å². The van der Waals surface area contributed by atoms with Crippen LogP contribution in [-0.4, -0.2) is 35.2 Å². The second-order valence-corrected chi connectivity index (χ2v) is 7.25. The Morgan fingerprint density at radius 3 is 2.05 bits per heavy atom. The summed E-state index contributed by atoms with van der Waals surface area (Å²) in [5, 5.41) is 10.6. The monoisotopic (exact) mass is 267 g/mol. The number of hydrogen-bond acceptors (Lipinski definition) is 2. The van der Waals surface area contributed by atoms with Crippen molar-refractivity contribution in [2.24, 2.45) is 11.8 Å². The van der Waals surface area contributed by atoms with E-state index in [2.05, 4.69) is 18.7 Å². The third kappa shape index (κ3) is 4.75. The van der Waals surface area contributed by atoms with Gasteiger partial charge in [0.2, 0.25) is 0 Å². The van der Waals surface area contributed by atoms with Gasteiger partial charge in [-0.15, -0.1) is 0 Å². The van der Waals surface area contributed by atoms with Gasteiger partial charge in [-0.25, -0.2) is 0 Å². The molecule has 2 fully saturated rings. The summed E-state index contributed by atoms with van der Waals surface area (Å²) < 4.78 is 0. The van der Waals surface area contributed by atoms with Crippen LogP contribution in [0, 0.1) is 11.8 Å². The predicted octanol–water partition coefficient (Wildman–Crippen LogP) is 3.83. The van der Waals surface area contributed by atoms with Crippen molar-refractivity contribution in [2.45, 2.75) is 83.8 Å². The molecule has 1 atom stereocenters. The first kappa shape index (κ1) is 15.3. The zero-order valence-corrected chi connectivity index (χ0v) is 13.0. The van der Waals surface area contributed by atoms with E-state index in [4.69, 9.17) is 0 Å². The van der Waals surface area contributed by atoms with Gasteiger partial charge < -0.3 is 5.11 Å². The molecule has 2 nitrogen and oxygen atoms in total. The number of hydrogen-bond donors (Lipinski definition) is 1. The highest BCUT2D eigenvalue weighted by Gasteiger charge is 2.28. The maximum Gasteiger partial charge on any atom is 0.0695 e. The molecule has 2 saturated carbocycles. The third-order valence-corrected chi connectivity index (χ3v) is 5.06. The molecule has 1 unspecified atom stereocenters. The van der Waals surface area contributed by atoms with Gasteiger partial charge in [0.05, 0.1) is 6.10 Å². The molecule has 0 radical (unpaired) electrons. The molecule has 0 amide bonds. The molecule has 0 bridgehead atoms. The molecule has 19 heavy (non-hydrogen) atoms. The van der Waals surface area contributed by atoms with E-state index < -0.39 is 0 Å². The van der Waals surface area contributed by atoms with Gasteiger partial charge in [-0.1, -0.05) is 46.0 Å². The average Bonchev–Trinajstić information content (AvgIpc) is 2.92. The molecule has 0 aromatic heterocycles. The molecule has 2 heteroatoms. The molecule has 112 valence electrons. The number of aliphatic hydroxyl groups is 1. The van der Waals surface area contributed by atoms with Gasteiger partial charge in [-0.2, -0.15) is 0 Å². The molecular weight excluding hydrogens is 234 g/mol. The molecular formula is C17H33NO. The van der Waals surface area contributed by atoms with Gasteiger partial charge in [0.15, 0.2) is 0 Å². The second-order valence-electron chi connectivity index (χ2n) is 7.25. The SMILES string of the molecule is CC(C)CN(CC(O)C1CCCCC1)C1CCCC1. The van der Waals surface area contributed by atoms with Crippen molar-refractivity contribution < 1.29 is 5.11 Å². The standard InChI is InChI=1S/C17H33NO/c1-14(2)12-18(16-10-6-7-11-16)13-17(19)15-8-4-3-5-9-15/h14-17,19H,3-13H2,1-2H3. The van der Waals surface area contributed by atoms with Crippen molar-refractivity contribution in [3.05, 3.63) is 0 Å². The lowest BCUT2D eigenvalue weighted by Gasteiger charge is -2.35. The fraction of sp³-hybridized carbons (Fsp3) is 1.00. The van der Waals surface area contributed by atoms with Crippen LogP contribution in [-0.2, 0) is 0 Å². The van der Waals surface area contributed by atoms with Crippen molar-refractivity contribution >= 4 is 0 Å². The fourth-order valence-electron chi connectivity index (χ4n) is 4.02. The van der Waals surface area contributed by atoms with Crippen LogP contribution in [0.25, 0.3) is 0 Å². The Bertz CT molecular complexity index is 242. The summed E-state index contributed by atoms with van der Waals surface area (Å²) in [6.07, 6.45) is 11.9. The molecule has 1 N–H and O–H groups in total. The minimum absolute atomic E-state index is 0.0837. The average molecular weight is 267 g/mol. The fourth-order valence-corrected chi connectivity index (χ4v) is 4.02. The van der Waals surface area contributed by atoms with Gasteiger partial charge in [0.1, 0.15) is 0 Å². The van der Waals surface area contributed by atoms with Crippen LogP contribution in [0.15, 0.2) is 0 Å². The highest BCUT2D eigenvalue weighted by atomic mass is 16.3. The Hall–Kier alpha value is -0.0800. The summed E-state index contributed by atoms with van der Waals surface area (Å²) in [6, 6.07) is 0.751. The predicted molar refractivity (Wildman–Crippen MR) is 81.2 cm³/mol. The summed E-state index contributed by atoms with van der Waals surface area (Å²) in [7, 11) is 0. The summed E-state index contributed by atoms with van der Waals surface area (Å²) in [6.45, 7) is 6.69. The number of aliphatic hydroxyl groups excluding tert-OH is 1. The van der Waals surface area contributed by atoms with Crippen LogP contribution in [0.5, 0.6) is 0 Å². The van der Waals surface area contributed by atoms with Crippen molar-refractivity contribution in [2.75, 3.05) is 13.1 Å². The first-order chi connectivity index (χ1) is 9.16. The van der Waals surface area contributed by atoms with Gasteiger partial charge in [0.25, 0.3) is 0 Å². The maximum atomic E-state index is 10.6. The van der Waals surface area contributed by atoms with Crippen molar-refractivity contribution in [3.63, 3.8) is 0 Å². The largest absolute Gasteiger partial charge is 0.392 e. The van der Waals surface area contributed by atoms with Crippen LogP contribution in [0.4, 0.5) is 0 Å². The lowest BCUT2D eigenvalue weighted by Crippen LogP contribution is -2.43. The summed E-state index contributed by atoms with van der Waals surface area (Å²) >= 11 is 0. The molecule has 0 aliphatic heterocycles. The zero-order valence-electron chi connectivity index (χ0n) is 13.0. The molecule has 2 aliphatic rings. The van der Waals surface area contributed by atoms with Crippen LogP contribution < -0.4 is 0 Å². The van der Waals surface area contributed by atoms with E-state index in [-0.39, 0.29) is 6.10 Å². The second kappa shape index (κ2) is 7.64. The molecule has 2 rings (SSSR count). The molecule has 0 saturated heterocycles. The van der Waals surface area contributed by atoms with Crippen molar-refractivity contribution in [1.29, 1.82) is 0 Å². The van der Waals surface area contributed by atoms with E-state index in [9.17, 15) is 5.11 Å². The first-order valence-corrected chi connectivity index (χ1v) is 8.59. The minimum Gasteiger partial charge on any atom is -0.392 e. The Kier molecular flexibility index (Phi) is 6.15. The Balaban J connectivity index is 1.86. The molecule has 0 aromatic rings.